The van der Waals surface area contributed by atoms with E-state index in [1.807, 2.05) is 0 Å². The van der Waals surface area contributed by atoms with E-state index in [9.17, 15) is 14.4 Å². The maximum absolute atomic E-state index is 12.4. The predicted octanol–water partition coefficient (Wildman–Crippen LogP) is 2.17. The Hall–Kier alpha value is -3.65. The van der Waals surface area contributed by atoms with Crippen molar-refractivity contribution in [3.63, 3.8) is 0 Å². The highest BCUT2D eigenvalue weighted by Crippen LogP contribution is 2.22. The Balaban J connectivity index is 2.19. The second-order valence-electron chi connectivity index (χ2n) is 5.79. The van der Waals surface area contributed by atoms with Gasteiger partial charge in [-0.05, 0) is 35.9 Å². The van der Waals surface area contributed by atoms with Crippen molar-refractivity contribution in [2.24, 2.45) is 5.73 Å². The molecule has 8 heteroatoms. The number of hydrogen-bond acceptors (Lipinski definition) is 7. The molecule has 0 spiro atoms. The van der Waals surface area contributed by atoms with Crippen LogP contribution in [0, 0.1) is 0 Å². The molecule has 8 nitrogen and oxygen atoms in total. The molecule has 0 aliphatic rings. The van der Waals surface area contributed by atoms with Crippen molar-refractivity contribution < 1.29 is 33.7 Å². The van der Waals surface area contributed by atoms with Crippen LogP contribution >= 0.6 is 0 Å². The number of hydrogen-bond donors (Lipinski definition) is 2. The number of nitrogens with two attached hydrogens (primary N) is 1. The van der Waals surface area contributed by atoms with Gasteiger partial charge in [-0.25, -0.2) is 9.59 Å². The lowest BCUT2D eigenvalue weighted by molar-refractivity contribution is -0.139. The Morgan fingerprint density at radius 3 is 2.59 bits per heavy atom. The van der Waals surface area contributed by atoms with E-state index in [4.69, 9.17) is 25.1 Å². The van der Waals surface area contributed by atoms with E-state index in [-0.39, 0.29) is 17.1 Å². The third-order valence-electron chi connectivity index (χ3n) is 3.69. The lowest BCUT2D eigenvalue weighted by atomic mass is 10.1. The van der Waals surface area contributed by atoms with Crippen molar-refractivity contribution in [1.82, 2.24) is 0 Å². The largest absolute Gasteiger partial charge is 0.492 e. The maximum Gasteiger partial charge on any atom is 0.341 e. The average Bonchev–Trinajstić information content (AvgIpc) is 2.74. The summed E-state index contributed by atoms with van der Waals surface area (Å²) in [5.74, 6) is -1.49. The first kappa shape index (κ1) is 21.6. The molecule has 3 N–H and O–H groups in total. The van der Waals surface area contributed by atoms with E-state index in [1.54, 1.807) is 30.3 Å². The molecule has 0 atom stereocenters. The molecule has 0 saturated carbocycles. The number of carbonyl (C=O) groups is 3. The van der Waals surface area contributed by atoms with Gasteiger partial charge in [0.2, 0.25) is 0 Å². The SMILES string of the molecule is COC(=O)c1cc(C=CC(=O)c2cccc(OCCN)c2)ccc1OCC(=O)O. The second kappa shape index (κ2) is 10.6. The number of benzene rings is 2. The van der Waals surface area contributed by atoms with E-state index in [0.717, 1.165) is 0 Å². The normalized spacial score (nSPS) is 10.6. The number of allylic oxidation sites excluding steroid dienone is 1. The summed E-state index contributed by atoms with van der Waals surface area (Å²) in [6, 6.07) is 11.2. The molecule has 0 aliphatic heterocycles. The summed E-state index contributed by atoms with van der Waals surface area (Å²) in [6.45, 7) is 0.118. The topological polar surface area (TPSA) is 125 Å². The standard InChI is InChI=1S/C21H21NO7/c1-27-21(26)17-11-14(6-8-19(17)29-13-20(24)25)5-7-18(23)15-3-2-4-16(12-15)28-10-9-22/h2-8,11-12H,9-10,13,22H2,1H3,(H,24,25). The number of methoxy groups -OCH3 is 1. The average molecular weight is 399 g/mol. The van der Waals surface area contributed by atoms with Gasteiger partial charge < -0.3 is 25.1 Å². The van der Waals surface area contributed by atoms with Crippen molar-refractivity contribution in [2.45, 2.75) is 0 Å². The summed E-state index contributed by atoms with van der Waals surface area (Å²) in [6.07, 6.45) is 2.89. The van der Waals surface area contributed by atoms with Crippen molar-refractivity contribution in [3.8, 4) is 11.5 Å². The fourth-order valence-corrected chi connectivity index (χ4v) is 2.37. The van der Waals surface area contributed by atoms with Gasteiger partial charge in [-0.3, -0.25) is 4.79 Å². The number of ether oxygens (including phenoxy) is 3. The molecular formula is C21H21NO7. The fraction of sp³-hybridized carbons (Fsp3) is 0.190. The summed E-state index contributed by atoms with van der Waals surface area (Å²) in [4.78, 5) is 35.0. The Kier molecular flexibility index (Phi) is 7.93. The Labute approximate surface area is 167 Å². The van der Waals surface area contributed by atoms with Crippen molar-refractivity contribution in [1.29, 1.82) is 0 Å². The van der Waals surface area contributed by atoms with Gasteiger partial charge in [0.15, 0.2) is 12.4 Å². The quantitative estimate of drug-likeness (QED) is 0.354. The smallest absolute Gasteiger partial charge is 0.341 e. The number of carboxylic acid groups (broad SMARTS) is 1. The third kappa shape index (κ3) is 6.47. The summed E-state index contributed by atoms with van der Waals surface area (Å²) in [5, 5.41) is 8.73. The molecule has 0 bridgehead atoms. The summed E-state index contributed by atoms with van der Waals surface area (Å²) < 4.78 is 15.2. The van der Waals surface area contributed by atoms with Crippen LogP contribution in [0.4, 0.5) is 0 Å². The monoisotopic (exact) mass is 399 g/mol. The van der Waals surface area contributed by atoms with Crippen LogP contribution in [0.5, 0.6) is 11.5 Å². The molecule has 2 rings (SSSR count). The van der Waals surface area contributed by atoms with Gasteiger partial charge in [-0.15, -0.1) is 0 Å². The molecular weight excluding hydrogens is 378 g/mol. The van der Waals surface area contributed by atoms with Crippen LogP contribution in [0.3, 0.4) is 0 Å². The lowest BCUT2D eigenvalue weighted by Crippen LogP contribution is -2.12. The summed E-state index contributed by atoms with van der Waals surface area (Å²) in [5.41, 5.74) is 6.43. The highest BCUT2D eigenvalue weighted by Gasteiger charge is 2.15. The molecule has 152 valence electrons. The molecule has 2 aromatic rings. The van der Waals surface area contributed by atoms with Gasteiger partial charge in [0.25, 0.3) is 0 Å². The van der Waals surface area contributed by atoms with E-state index in [1.165, 1.54) is 31.4 Å². The highest BCUT2D eigenvalue weighted by atomic mass is 16.5. The summed E-state index contributed by atoms with van der Waals surface area (Å²) in [7, 11) is 1.20. The third-order valence-corrected chi connectivity index (χ3v) is 3.69. The zero-order valence-electron chi connectivity index (χ0n) is 15.8. The van der Waals surface area contributed by atoms with Crippen LogP contribution in [0.2, 0.25) is 0 Å². The first-order chi connectivity index (χ1) is 13.9. The van der Waals surface area contributed by atoms with Crippen LogP contribution in [0.25, 0.3) is 6.08 Å². The number of rotatable bonds is 10. The van der Waals surface area contributed by atoms with Crippen LogP contribution in [-0.2, 0) is 9.53 Å². The van der Waals surface area contributed by atoms with E-state index in [2.05, 4.69) is 0 Å². The Morgan fingerprint density at radius 1 is 1.10 bits per heavy atom. The molecule has 0 radical (unpaired) electrons. The minimum Gasteiger partial charge on any atom is -0.492 e. The van der Waals surface area contributed by atoms with Gasteiger partial charge in [0, 0.05) is 12.1 Å². The zero-order valence-corrected chi connectivity index (χ0v) is 15.8. The second-order valence-corrected chi connectivity index (χ2v) is 5.79. The van der Waals surface area contributed by atoms with E-state index >= 15 is 0 Å². The van der Waals surface area contributed by atoms with Crippen LogP contribution in [-0.4, -0.2) is 49.7 Å². The lowest BCUT2D eigenvalue weighted by Gasteiger charge is -2.09. The Morgan fingerprint density at radius 2 is 1.90 bits per heavy atom. The first-order valence-electron chi connectivity index (χ1n) is 8.67. The summed E-state index contributed by atoms with van der Waals surface area (Å²) >= 11 is 0. The van der Waals surface area contributed by atoms with Gasteiger partial charge in [-0.2, -0.15) is 0 Å². The van der Waals surface area contributed by atoms with E-state index < -0.39 is 18.5 Å². The van der Waals surface area contributed by atoms with Crippen LogP contribution < -0.4 is 15.2 Å². The fourth-order valence-electron chi connectivity index (χ4n) is 2.37. The number of aliphatic carboxylic acids is 1. The van der Waals surface area contributed by atoms with E-state index in [0.29, 0.717) is 30.0 Å². The zero-order chi connectivity index (χ0) is 21.2. The number of esters is 1. The van der Waals surface area contributed by atoms with Crippen LogP contribution in [0.15, 0.2) is 48.5 Å². The van der Waals surface area contributed by atoms with Gasteiger partial charge >= 0.3 is 11.9 Å². The van der Waals surface area contributed by atoms with Crippen molar-refractivity contribution in [2.75, 3.05) is 26.9 Å². The molecule has 29 heavy (non-hydrogen) atoms. The molecule has 0 aliphatic carbocycles. The highest BCUT2D eigenvalue weighted by molar-refractivity contribution is 6.07. The van der Waals surface area contributed by atoms with Crippen molar-refractivity contribution in [3.05, 3.63) is 65.2 Å². The maximum atomic E-state index is 12.4. The van der Waals surface area contributed by atoms with Crippen LogP contribution in [0.1, 0.15) is 26.3 Å². The molecule has 0 fully saturated rings. The minimum atomic E-state index is -1.17. The molecule has 0 aromatic heterocycles. The molecule has 0 heterocycles. The number of carbonyl (C=O) groups excluding carboxylic acids is 2. The minimum absolute atomic E-state index is 0.0560. The number of ketones is 1. The van der Waals surface area contributed by atoms with Gasteiger partial charge in [0.1, 0.15) is 23.7 Å². The molecule has 0 amide bonds. The van der Waals surface area contributed by atoms with Crippen molar-refractivity contribution >= 4 is 23.8 Å². The van der Waals surface area contributed by atoms with Gasteiger partial charge in [-0.1, -0.05) is 24.3 Å². The molecule has 2 aromatic carbocycles. The molecule has 0 unspecified atom stereocenters. The van der Waals surface area contributed by atoms with Gasteiger partial charge in [0.05, 0.1) is 7.11 Å². The Bertz CT molecular complexity index is 921. The predicted molar refractivity (Wildman–Crippen MR) is 105 cm³/mol. The molecule has 0 saturated heterocycles. The number of carboxylic acids is 1. The first-order valence-corrected chi connectivity index (χ1v) is 8.67.